The maximum Gasteiger partial charge on any atom is 0.0669 e. The normalized spacial score (nSPS) is 10.1. The zero-order valence-corrected chi connectivity index (χ0v) is 12.2. The highest BCUT2D eigenvalue weighted by molar-refractivity contribution is 5.64. The number of pyridine rings is 1. The standard InChI is InChI=1S/C20H16N2/c21-12-11-16-3-7-19(8-4-16)20-9-5-17(6-10-20)14-18-2-1-13-22-15-18/h1-10,13,15H,11,14H2. The van der Waals surface area contributed by atoms with Crippen LogP contribution >= 0.6 is 0 Å². The zero-order valence-electron chi connectivity index (χ0n) is 12.2. The molecule has 2 heteroatoms. The van der Waals surface area contributed by atoms with Crippen LogP contribution in [0.1, 0.15) is 16.7 Å². The van der Waals surface area contributed by atoms with Gasteiger partial charge in [0, 0.05) is 12.4 Å². The van der Waals surface area contributed by atoms with E-state index in [0.717, 1.165) is 12.0 Å². The highest BCUT2D eigenvalue weighted by Crippen LogP contribution is 2.21. The number of nitriles is 1. The summed E-state index contributed by atoms with van der Waals surface area (Å²) < 4.78 is 0. The summed E-state index contributed by atoms with van der Waals surface area (Å²) in [6, 6.07) is 23.0. The Labute approximate surface area is 130 Å². The maximum atomic E-state index is 8.70. The van der Waals surface area contributed by atoms with Gasteiger partial charge in [0.05, 0.1) is 12.5 Å². The SMILES string of the molecule is N#CCc1ccc(-c2ccc(Cc3cccnc3)cc2)cc1. The van der Waals surface area contributed by atoms with Crippen molar-refractivity contribution in [2.24, 2.45) is 0 Å². The Morgan fingerprint density at radius 3 is 1.95 bits per heavy atom. The van der Waals surface area contributed by atoms with Gasteiger partial charge in [0.25, 0.3) is 0 Å². The summed E-state index contributed by atoms with van der Waals surface area (Å²) in [6.45, 7) is 0. The third-order valence-electron chi connectivity index (χ3n) is 3.66. The van der Waals surface area contributed by atoms with Crippen molar-refractivity contribution in [2.75, 3.05) is 0 Å². The molecule has 3 aromatic rings. The number of rotatable bonds is 4. The van der Waals surface area contributed by atoms with Gasteiger partial charge in [-0.3, -0.25) is 4.98 Å². The van der Waals surface area contributed by atoms with Crippen molar-refractivity contribution in [3.05, 3.63) is 89.7 Å². The van der Waals surface area contributed by atoms with Gasteiger partial charge in [-0.2, -0.15) is 5.26 Å². The quantitative estimate of drug-likeness (QED) is 0.711. The van der Waals surface area contributed by atoms with Gasteiger partial charge in [-0.1, -0.05) is 54.6 Å². The molecule has 0 atom stereocenters. The van der Waals surface area contributed by atoms with Crippen molar-refractivity contribution in [1.29, 1.82) is 5.26 Å². The summed E-state index contributed by atoms with van der Waals surface area (Å²) in [4.78, 5) is 4.15. The molecule has 1 heterocycles. The van der Waals surface area contributed by atoms with Crippen LogP contribution in [0.4, 0.5) is 0 Å². The maximum absolute atomic E-state index is 8.70. The second-order valence-corrected chi connectivity index (χ2v) is 5.27. The molecule has 0 saturated carbocycles. The van der Waals surface area contributed by atoms with Crippen LogP contribution < -0.4 is 0 Å². The van der Waals surface area contributed by atoms with E-state index in [9.17, 15) is 0 Å². The molecule has 0 unspecified atom stereocenters. The Balaban J connectivity index is 1.75. The smallest absolute Gasteiger partial charge is 0.0669 e. The summed E-state index contributed by atoms with van der Waals surface area (Å²) in [5.41, 5.74) is 5.92. The van der Waals surface area contributed by atoms with E-state index in [1.807, 2.05) is 24.4 Å². The topological polar surface area (TPSA) is 36.7 Å². The molecular weight excluding hydrogens is 268 g/mol. The second-order valence-electron chi connectivity index (χ2n) is 5.27. The minimum atomic E-state index is 0.463. The fourth-order valence-corrected chi connectivity index (χ4v) is 2.46. The van der Waals surface area contributed by atoms with Crippen molar-refractivity contribution in [1.82, 2.24) is 4.98 Å². The molecule has 0 saturated heterocycles. The Hall–Kier alpha value is -2.92. The van der Waals surface area contributed by atoms with E-state index < -0.39 is 0 Å². The van der Waals surface area contributed by atoms with E-state index in [0.29, 0.717) is 6.42 Å². The lowest BCUT2D eigenvalue weighted by molar-refractivity contribution is 1.15. The van der Waals surface area contributed by atoms with Crippen molar-refractivity contribution in [3.8, 4) is 17.2 Å². The third kappa shape index (κ3) is 3.39. The molecule has 0 aliphatic rings. The van der Waals surface area contributed by atoms with Crippen molar-refractivity contribution in [3.63, 3.8) is 0 Å². The van der Waals surface area contributed by atoms with E-state index in [4.69, 9.17) is 5.26 Å². The Kier molecular flexibility index (Phi) is 4.27. The van der Waals surface area contributed by atoms with Gasteiger partial charge in [-0.25, -0.2) is 0 Å². The molecule has 2 nitrogen and oxygen atoms in total. The molecule has 106 valence electrons. The van der Waals surface area contributed by atoms with Crippen LogP contribution in [0.15, 0.2) is 73.1 Å². The summed E-state index contributed by atoms with van der Waals surface area (Å²) in [6.07, 6.45) is 5.06. The fraction of sp³-hybridized carbons (Fsp3) is 0.100. The van der Waals surface area contributed by atoms with Crippen LogP contribution in [0.3, 0.4) is 0 Å². The molecule has 22 heavy (non-hydrogen) atoms. The van der Waals surface area contributed by atoms with E-state index in [2.05, 4.69) is 53.5 Å². The largest absolute Gasteiger partial charge is 0.264 e. The molecule has 0 bridgehead atoms. The van der Waals surface area contributed by atoms with Crippen LogP contribution in [0.25, 0.3) is 11.1 Å². The third-order valence-corrected chi connectivity index (χ3v) is 3.66. The summed E-state index contributed by atoms with van der Waals surface area (Å²) in [5, 5.41) is 8.70. The molecule has 0 aliphatic carbocycles. The molecule has 0 aliphatic heterocycles. The van der Waals surface area contributed by atoms with Gasteiger partial charge in [0.15, 0.2) is 0 Å². The van der Waals surface area contributed by atoms with E-state index in [1.165, 1.54) is 22.3 Å². The van der Waals surface area contributed by atoms with E-state index in [-0.39, 0.29) is 0 Å². The van der Waals surface area contributed by atoms with E-state index in [1.54, 1.807) is 6.20 Å². The lowest BCUT2D eigenvalue weighted by atomic mass is 10.00. The van der Waals surface area contributed by atoms with Gasteiger partial charge in [-0.15, -0.1) is 0 Å². The lowest BCUT2D eigenvalue weighted by Gasteiger charge is -2.05. The van der Waals surface area contributed by atoms with Crippen LogP contribution in [0, 0.1) is 11.3 Å². The molecular formula is C20H16N2. The predicted octanol–water partition coefficient (Wildman–Crippen LogP) is 4.41. The second kappa shape index (κ2) is 6.69. The molecule has 3 rings (SSSR count). The van der Waals surface area contributed by atoms with Gasteiger partial charge >= 0.3 is 0 Å². The number of aromatic nitrogens is 1. The first-order valence-corrected chi connectivity index (χ1v) is 7.29. The highest BCUT2D eigenvalue weighted by atomic mass is 14.6. The Morgan fingerprint density at radius 1 is 0.773 bits per heavy atom. The van der Waals surface area contributed by atoms with Gasteiger partial charge in [-0.05, 0) is 40.3 Å². The summed E-state index contributed by atoms with van der Waals surface area (Å²) in [5.74, 6) is 0. The number of hydrogen-bond acceptors (Lipinski definition) is 2. The van der Waals surface area contributed by atoms with Crippen LogP contribution in [-0.4, -0.2) is 4.98 Å². The average Bonchev–Trinajstić information content (AvgIpc) is 2.58. The summed E-state index contributed by atoms with van der Waals surface area (Å²) >= 11 is 0. The summed E-state index contributed by atoms with van der Waals surface area (Å²) in [7, 11) is 0. The van der Waals surface area contributed by atoms with Crippen molar-refractivity contribution >= 4 is 0 Å². The van der Waals surface area contributed by atoms with Crippen LogP contribution in [0.2, 0.25) is 0 Å². The molecule has 0 N–H and O–H groups in total. The first kappa shape index (κ1) is 14.0. The van der Waals surface area contributed by atoms with Gasteiger partial charge < -0.3 is 0 Å². The average molecular weight is 284 g/mol. The number of benzene rings is 2. The molecule has 2 aromatic carbocycles. The van der Waals surface area contributed by atoms with Crippen LogP contribution in [-0.2, 0) is 12.8 Å². The highest BCUT2D eigenvalue weighted by Gasteiger charge is 2.00. The minimum Gasteiger partial charge on any atom is -0.264 e. The number of hydrogen-bond donors (Lipinski definition) is 0. The van der Waals surface area contributed by atoms with Gasteiger partial charge in [0.2, 0.25) is 0 Å². The Morgan fingerprint density at radius 2 is 1.41 bits per heavy atom. The number of nitrogens with zero attached hydrogens (tertiary/aromatic N) is 2. The first-order valence-electron chi connectivity index (χ1n) is 7.29. The van der Waals surface area contributed by atoms with Gasteiger partial charge in [0.1, 0.15) is 0 Å². The molecule has 0 amide bonds. The molecule has 0 spiro atoms. The minimum absolute atomic E-state index is 0.463. The predicted molar refractivity (Wildman–Crippen MR) is 88.2 cm³/mol. The monoisotopic (exact) mass is 284 g/mol. The van der Waals surface area contributed by atoms with Crippen molar-refractivity contribution < 1.29 is 0 Å². The zero-order chi connectivity index (χ0) is 15.2. The molecule has 0 fully saturated rings. The van der Waals surface area contributed by atoms with Crippen molar-refractivity contribution in [2.45, 2.75) is 12.8 Å². The Bertz CT molecular complexity index is 767. The first-order chi connectivity index (χ1) is 10.8. The molecule has 1 aromatic heterocycles. The lowest BCUT2D eigenvalue weighted by Crippen LogP contribution is -1.89. The fourth-order valence-electron chi connectivity index (χ4n) is 2.46. The van der Waals surface area contributed by atoms with Crippen LogP contribution in [0.5, 0.6) is 0 Å². The van der Waals surface area contributed by atoms with E-state index >= 15 is 0 Å². The molecule has 0 radical (unpaired) electrons.